The fourth-order valence-corrected chi connectivity index (χ4v) is 5.08. The highest BCUT2D eigenvalue weighted by Gasteiger charge is 2.39. The van der Waals surface area contributed by atoms with Crippen LogP contribution >= 0.6 is 0 Å². The Hall–Kier alpha value is -3.83. The standard InChI is InChI=1S/C30H31F4N5O2/c1-18-8-10-22-19(9-11-26(40-2)30(32,33)34)5-3-6-23(22)27(18)41-28-24(7-4-13-36-28)25-12-14-37-29(39-25)38-21-15-20(31)16-35-17-21/h3-8,10,12-14,20-21,26,35H,9,11,15-17H2,1-2H3,(H,37,38,39)/t20-,21-,26+/m1/s1. The van der Waals surface area contributed by atoms with Crippen LogP contribution in [-0.4, -0.2) is 59.6 Å². The first kappa shape index (κ1) is 28.7. The molecule has 5 rings (SSSR count). The van der Waals surface area contributed by atoms with Gasteiger partial charge in [0.2, 0.25) is 11.8 Å². The molecule has 0 aliphatic carbocycles. The van der Waals surface area contributed by atoms with Gasteiger partial charge in [-0.15, -0.1) is 0 Å². The van der Waals surface area contributed by atoms with Gasteiger partial charge >= 0.3 is 6.18 Å². The number of methoxy groups -OCH3 is 1. The first-order valence-corrected chi connectivity index (χ1v) is 13.4. The number of anilines is 1. The van der Waals surface area contributed by atoms with E-state index in [2.05, 4.69) is 30.3 Å². The number of nitrogens with zero attached hydrogens (tertiary/aromatic N) is 3. The molecule has 0 radical (unpaired) electrons. The molecule has 11 heteroatoms. The molecule has 2 aromatic carbocycles. The number of halogens is 4. The molecule has 1 aliphatic rings. The van der Waals surface area contributed by atoms with Crippen molar-refractivity contribution in [3.8, 4) is 22.9 Å². The SMILES string of the molecule is CO[C@@H](CCc1cccc2c(Oc3ncccc3-c3ccnc(N[C@H]4CNC[C@H](F)C4)n3)c(C)ccc12)C(F)(F)F. The van der Waals surface area contributed by atoms with Gasteiger partial charge in [-0.05, 0) is 54.5 Å². The van der Waals surface area contributed by atoms with E-state index in [9.17, 15) is 17.6 Å². The molecule has 4 aromatic rings. The molecule has 0 saturated carbocycles. The number of aromatic nitrogens is 3. The fraction of sp³-hybridized carbons (Fsp3) is 0.367. The van der Waals surface area contributed by atoms with Gasteiger partial charge in [0.1, 0.15) is 11.9 Å². The van der Waals surface area contributed by atoms with Gasteiger partial charge in [-0.1, -0.05) is 30.3 Å². The third-order valence-corrected chi connectivity index (χ3v) is 7.16. The zero-order valence-corrected chi connectivity index (χ0v) is 22.7. The van der Waals surface area contributed by atoms with Gasteiger partial charge in [0, 0.05) is 50.4 Å². The smallest absolute Gasteiger partial charge is 0.414 e. The van der Waals surface area contributed by atoms with Crippen molar-refractivity contribution in [2.75, 3.05) is 25.5 Å². The largest absolute Gasteiger partial charge is 0.437 e. The number of benzene rings is 2. The van der Waals surface area contributed by atoms with Crippen molar-refractivity contribution < 1.29 is 27.0 Å². The van der Waals surface area contributed by atoms with Crippen molar-refractivity contribution in [2.24, 2.45) is 0 Å². The van der Waals surface area contributed by atoms with E-state index in [1.807, 2.05) is 43.3 Å². The molecule has 0 amide bonds. The van der Waals surface area contributed by atoms with Crippen LogP contribution in [0, 0.1) is 6.92 Å². The van der Waals surface area contributed by atoms with E-state index in [4.69, 9.17) is 4.74 Å². The minimum absolute atomic E-state index is 0.138. The Balaban J connectivity index is 1.43. The molecule has 3 heterocycles. The van der Waals surface area contributed by atoms with Crippen molar-refractivity contribution in [3.05, 3.63) is 72.1 Å². The first-order chi connectivity index (χ1) is 19.7. The molecule has 41 heavy (non-hydrogen) atoms. The van der Waals surface area contributed by atoms with E-state index in [0.717, 1.165) is 29.0 Å². The summed E-state index contributed by atoms with van der Waals surface area (Å²) in [5.74, 6) is 1.24. The van der Waals surface area contributed by atoms with Gasteiger partial charge in [0.05, 0.1) is 11.3 Å². The minimum atomic E-state index is -4.43. The molecular weight excluding hydrogens is 538 g/mol. The summed E-state index contributed by atoms with van der Waals surface area (Å²) in [4.78, 5) is 13.4. The number of pyridine rings is 1. The molecule has 1 fully saturated rings. The molecule has 2 aromatic heterocycles. The number of rotatable bonds is 9. The topological polar surface area (TPSA) is 81.2 Å². The molecule has 0 spiro atoms. The fourth-order valence-electron chi connectivity index (χ4n) is 5.08. The molecule has 1 aliphatic heterocycles. The van der Waals surface area contributed by atoms with E-state index in [1.54, 1.807) is 24.5 Å². The summed E-state index contributed by atoms with van der Waals surface area (Å²) in [5, 5.41) is 7.81. The molecule has 2 N–H and O–H groups in total. The van der Waals surface area contributed by atoms with Gasteiger partial charge in [0.15, 0.2) is 6.10 Å². The second-order valence-electron chi connectivity index (χ2n) is 10.1. The second-order valence-corrected chi connectivity index (χ2v) is 10.1. The average molecular weight is 570 g/mol. The lowest BCUT2D eigenvalue weighted by molar-refractivity contribution is -0.214. The Labute approximate surface area is 235 Å². The predicted molar refractivity (Wildman–Crippen MR) is 149 cm³/mol. The summed E-state index contributed by atoms with van der Waals surface area (Å²) < 4.78 is 64.7. The lowest BCUT2D eigenvalue weighted by Crippen LogP contribution is -2.44. The van der Waals surface area contributed by atoms with Crippen molar-refractivity contribution in [1.29, 1.82) is 0 Å². The van der Waals surface area contributed by atoms with Crippen molar-refractivity contribution >= 4 is 16.7 Å². The third-order valence-electron chi connectivity index (χ3n) is 7.16. The molecule has 216 valence electrons. The zero-order valence-electron chi connectivity index (χ0n) is 22.7. The van der Waals surface area contributed by atoms with Gasteiger partial charge in [0.25, 0.3) is 0 Å². The van der Waals surface area contributed by atoms with E-state index in [0.29, 0.717) is 48.3 Å². The number of piperidine rings is 1. The summed E-state index contributed by atoms with van der Waals surface area (Å²) in [6, 6.07) is 14.5. The number of ether oxygens (including phenoxy) is 2. The lowest BCUT2D eigenvalue weighted by Gasteiger charge is -2.26. The Morgan fingerprint density at radius 3 is 2.66 bits per heavy atom. The molecule has 7 nitrogen and oxygen atoms in total. The van der Waals surface area contributed by atoms with Crippen LogP contribution in [0.4, 0.5) is 23.5 Å². The lowest BCUT2D eigenvalue weighted by atomic mass is 9.97. The van der Waals surface area contributed by atoms with Crippen LogP contribution in [0.2, 0.25) is 0 Å². The molecular formula is C30H31F4N5O2. The van der Waals surface area contributed by atoms with E-state index in [-0.39, 0.29) is 18.9 Å². The van der Waals surface area contributed by atoms with Gasteiger partial charge in [-0.25, -0.2) is 19.3 Å². The molecule has 3 atom stereocenters. The number of alkyl halides is 4. The quantitative estimate of drug-likeness (QED) is 0.225. The second kappa shape index (κ2) is 12.4. The number of hydrogen-bond donors (Lipinski definition) is 2. The van der Waals surface area contributed by atoms with Gasteiger partial charge in [-0.3, -0.25) is 0 Å². The summed E-state index contributed by atoms with van der Waals surface area (Å²) >= 11 is 0. The van der Waals surface area contributed by atoms with Crippen LogP contribution in [0.5, 0.6) is 11.6 Å². The van der Waals surface area contributed by atoms with Crippen LogP contribution in [-0.2, 0) is 11.2 Å². The van der Waals surface area contributed by atoms with Gasteiger partial charge < -0.3 is 20.1 Å². The predicted octanol–water partition coefficient (Wildman–Crippen LogP) is 6.41. The number of nitrogens with one attached hydrogen (secondary N) is 2. The summed E-state index contributed by atoms with van der Waals surface area (Å²) in [6.07, 6.45) is -3.61. The Bertz CT molecular complexity index is 1500. The summed E-state index contributed by atoms with van der Waals surface area (Å²) in [7, 11) is 1.07. The summed E-state index contributed by atoms with van der Waals surface area (Å²) in [5.41, 5.74) is 2.80. The van der Waals surface area contributed by atoms with Crippen LogP contribution in [0.1, 0.15) is 24.0 Å². The van der Waals surface area contributed by atoms with Crippen LogP contribution in [0.25, 0.3) is 22.0 Å². The van der Waals surface area contributed by atoms with E-state index >= 15 is 0 Å². The van der Waals surface area contributed by atoms with Gasteiger partial charge in [-0.2, -0.15) is 13.2 Å². The molecule has 1 saturated heterocycles. The maximum absolute atomic E-state index is 13.8. The maximum Gasteiger partial charge on any atom is 0.414 e. The van der Waals surface area contributed by atoms with Crippen LogP contribution in [0.3, 0.4) is 0 Å². The normalized spacial score (nSPS) is 18.3. The average Bonchev–Trinajstić information content (AvgIpc) is 2.94. The third kappa shape index (κ3) is 6.74. The monoisotopic (exact) mass is 569 g/mol. The highest BCUT2D eigenvalue weighted by molar-refractivity contribution is 5.92. The number of hydrogen-bond acceptors (Lipinski definition) is 7. The Kier molecular flexibility index (Phi) is 8.65. The highest BCUT2D eigenvalue weighted by atomic mass is 19.4. The van der Waals surface area contributed by atoms with E-state index in [1.165, 1.54) is 0 Å². The molecule has 0 unspecified atom stereocenters. The van der Waals surface area contributed by atoms with Crippen molar-refractivity contribution in [2.45, 2.75) is 50.7 Å². The highest BCUT2D eigenvalue weighted by Crippen LogP contribution is 2.38. The molecule has 0 bridgehead atoms. The van der Waals surface area contributed by atoms with Crippen LogP contribution < -0.4 is 15.4 Å². The Morgan fingerprint density at radius 2 is 1.88 bits per heavy atom. The summed E-state index contributed by atoms with van der Waals surface area (Å²) in [6.45, 7) is 2.85. The minimum Gasteiger partial charge on any atom is -0.437 e. The zero-order chi connectivity index (χ0) is 29.0. The van der Waals surface area contributed by atoms with Crippen molar-refractivity contribution in [1.82, 2.24) is 20.3 Å². The Morgan fingerprint density at radius 1 is 1.02 bits per heavy atom. The maximum atomic E-state index is 13.8. The number of aryl methyl sites for hydroxylation is 2. The van der Waals surface area contributed by atoms with Crippen LogP contribution in [0.15, 0.2) is 60.9 Å². The van der Waals surface area contributed by atoms with Crippen molar-refractivity contribution in [3.63, 3.8) is 0 Å². The first-order valence-electron chi connectivity index (χ1n) is 13.4. The van der Waals surface area contributed by atoms with E-state index < -0.39 is 18.5 Å². The number of fused-ring (bicyclic) bond motifs is 1.